The number of imidazole rings is 1. The highest BCUT2D eigenvalue weighted by Crippen LogP contribution is 2.17. The van der Waals surface area contributed by atoms with Crippen LogP contribution in [0, 0.1) is 0 Å². The second-order valence-corrected chi connectivity index (χ2v) is 6.59. The maximum Gasteiger partial charge on any atom is 0.356 e. The summed E-state index contributed by atoms with van der Waals surface area (Å²) in [7, 11) is 0. The predicted octanol–water partition coefficient (Wildman–Crippen LogP) is 3.14. The Balaban J connectivity index is 1.75. The number of para-hydroxylation sites is 3. The molecule has 1 heterocycles. The van der Waals surface area contributed by atoms with Crippen molar-refractivity contribution in [3.63, 3.8) is 0 Å². The normalized spacial score (nSPS) is 12.4. The summed E-state index contributed by atoms with van der Waals surface area (Å²) in [5.74, 6) is 1.44. The molecule has 138 valence electrons. The number of aliphatic hydroxyl groups is 1. The van der Waals surface area contributed by atoms with Gasteiger partial charge < -0.3 is 9.84 Å². The number of unbranched alkanes of at least 4 members (excludes halogenated alkanes) is 2. The van der Waals surface area contributed by atoms with Crippen molar-refractivity contribution in [1.29, 1.82) is 0 Å². The number of aryl methyl sites for hydroxylation is 1. The summed E-state index contributed by atoms with van der Waals surface area (Å²) in [6.45, 7) is 3.72. The molecule has 0 fully saturated rings. The number of nitrogens with two attached hydrogens (primary N) is 1. The van der Waals surface area contributed by atoms with Crippen molar-refractivity contribution in [2.24, 2.45) is 0 Å². The Bertz CT molecular complexity index is 830. The van der Waals surface area contributed by atoms with Crippen LogP contribution in [0.25, 0.3) is 11.0 Å². The van der Waals surface area contributed by atoms with Crippen molar-refractivity contribution in [1.82, 2.24) is 4.57 Å². The number of rotatable bonds is 9. The van der Waals surface area contributed by atoms with Gasteiger partial charge in [-0.15, -0.1) is 0 Å². The number of nitrogens with zero attached hydrogens (tertiary/aromatic N) is 2. The number of aromatic nitrogens is 2. The molecule has 1 aromatic heterocycles. The fourth-order valence-corrected chi connectivity index (χ4v) is 3.23. The van der Waals surface area contributed by atoms with Crippen LogP contribution in [0.5, 0.6) is 5.75 Å². The van der Waals surface area contributed by atoms with E-state index in [0.717, 1.165) is 29.7 Å². The summed E-state index contributed by atoms with van der Waals surface area (Å²) >= 11 is 0. The smallest absolute Gasteiger partial charge is 0.356 e. The summed E-state index contributed by atoms with van der Waals surface area (Å²) in [6, 6.07) is 17.7. The van der Waals surface area contributed by atoms with E-state index in [4.69, 9.17) is 10.5 Å². The molecule has 1 atom stereocenters. The Morgan fingerprint density at radius 1 is 1.08 bits per heavy atom. The topological polar surface area (TPSA) is 64.3 Å². The number of ether oxygens (including phenoxy) is 1. The molecule has 2 aromatic carbocycles. The summed E-state index contributed by atoms with van der Waals surface area (Å²) < 4.78 is 9.80. The molecular formula is C21H28N3O2+. The number of nitrogen functional groups attached to an aromatic ring is 1. The van der Waals surface area contributed by atoms with E-state index in [1.165, 1.54) is 12.8 Å². The van der Waals surface area contributed by atoms with Gasteiger partial charge in [-0.1, -0.05) is 50.1 Å². The predicted molar refractivity (Wildman–Crippen MR) is 104 cm³/mol. The highest BCUT2D eigenvalue weighted by molar-refractivity contribution is 5.73. The molecule has 0 spiro atoms. The summed E-state index contributed by atoms with van der Waals surface area (Å²) in [4.78, 5) is 0. The molecule has 0 amide bonds. The molecule has 0 bridgehead atoms. The molecule has 0 aliphatic rings. The lowest BCUT2D eigenvalue weighted by Crippen LogP contribution is -2.43. The molecule has 3 aromatic rings. The first-order chi connectivity index (χ1) is 12.7. The zero-order chi connectivity index (χ0) is 18.4. The highest BCUT2D eigenvalue weighted by Gasteiger charge is 2.22. The van der Waals surface area contributed by atoms with E-state index in [1.54, 1.807) is 0 Å². The minimum atomic E-state index is -0.641. The van der Waals surface area contributed by atoms with Crippen LogP contribution in [0.1, 0.15) is 26.2 Å². The van der Waals surface area contributed by atoms with Crippen LogP contribution in [0.3, 0.4) is 0 Å². The van der Waals surface area contributed by atoms with Gasteiger partial charge in [-0.25, -0.2) is 9.13 Å². The van der Waals surface area contributed by atoms with Crippen LogP contribution in [-0.4, -0.2) is 22.4 Å². The molecule has 3 rings (SSSR count). The molecule has 0 saturated carbocycles. The second kappa shape index (κ2) is 8.72. The van der Waals surface area contributed by atoms with Crippen molar-refractivity contribution in [2.45, 2.75) is 45.4 Å². The van der Waals surface area contributed by atoms with Gasteiger partial charge in [-0.2, -0.15) is 0 Å². The summed E-state index contributed by atoms with van der Waals surface area (Å²) in [6.07, 6.45) is 2.81. The third-order valence-electron chi connectivity index (χ3n) is 4.58. The van der Waals surface area contributed by atoms with E-state index in [9.17, 15) is 5.11 Å². The Labute approximate surface area is 154 Å². The molecule has 0 unspecified atom stereocenters. The minimum Gasteiger partial charge on any atom is -0.491 e. The quantitative estimate of drug-likeness (QED) is 0.458. The third-order valence-corrected chi connectivity index (χ3v) is 4.58. The van der Waals surface area contributed by atoms with Crippen molar-refractivity contribution >= 4 is 17.0 Å². The number of hydrogen-bond donors (Lipinski definition) is 2. The molecule has 0 saturated heterocycles. The maximum absolute atomic E-state index is 10.5. The minimum absolute atomic E-state index is 0.228. The van der Waals surface area contributed by atoms with Crippen molar-refractivity contribution in [3.8, 4) is 5.75 Å². The number of benzene rings is 2. The maximum atomic E-state index is 10.5. The molecule has 5 nitrogen and oxygen atoms in total. The van der Waals surface area contributed by atoms with Gasteiger partial charge in [0.05, 0.1) is 6.54 Å². The number of fused-ring (bicyclic) bond motifs is 1. The van der Waals surface area contributed by atoms with Crippen LogP contribution in [0.15, 0.2) is 54.6 Å². The van der Waals surface area contributed by atoms with Crippen LogP contribution >= 0.6 is 0 Å². The van der Waals surface area contributed by atoms with E-state index >= 15 is 0 Å². The first-order valence-corrected chi connectivity index (χ1v) is 9.33. The van der Waals surface area contributed by atoms with Gasteiger partial charge in [0.2, 0.25) is 0 Å². The van der Waals surface area contributed by atoms with Crippen LogP contribution in [0.4, 0.5) is 5.95 Å². The van der Waals surface area contributed by atoms with Gasteiger partial charge >= 0.3 is 5.95 Å². The zero-order valence-electron chi connectivity index (χ0n) is 15.3. The highest BCUT2D eigenvalue weighted by atomic mass is 16.5. The van der Waals surface area contributed by atoms with Crippen LogP contribution in [-0.2, 0) is 13.1 Å². The Morgan fingerprint density at radius 2 is 1.81 bits per heavy atom. The van der Waals surface area contributed by atoms with Crippen LogP contribution in [0.2, 0.25) is 0 Å². The Kier molecular flexibility index (Phi) is 6.12. The third kappa shape index (κ3) is 4.17. The van der Waals surface area contributed by atoms with Crippen molar-refractivity contribution in [2.75, 3.05) is 12.3 Å². The van der Waals surface area contributed by atoms with Gasteiger partial charge in [0.1, 0.15) is 36.0 Å². The first kappa shape index (κ1) is 18.3. The average molecular weight is 354 g/mol. The fourth-order valence-electron chi connectivity index (χ4n) is 3.23. The van der Waals surface area contributed by atoms with E-state index in [0.29, 0.717) is 12.5 Å². The number of hydrogen-bond acceptors (Lipinski definition) is 3. The monoisotopic (exact) mass is 354 g/mol. The molecule has 3 N–H and O–H groups in total. The summed E-state index contributed by atoms with van der Waals surface area (Å²) in [5, 5.41) is 10.5. The molecule has 5 heteroatoms. The van der Waals surface area contributed by atoms with E-state index in [-0.39, 0.29) is 6.61 Å². The lowest BCUT2D eigenvalue weighted by molar-refractivity contribution is -0.665. The molecule has 26 heavy (non-hydrogen) atoms. The zero-order valence-corrected chi connectivity index (χ0v) is 15.3. The number of aliphatic hydroxyl groups excluding tert-OH is 1. The largest absolute Gasteiger partial charge is 0.491 e. The average Bonchev–Trinajstić information content (AvgIpc) is 2.93. The van der Waals surface area contributed by atoms with Gasteiger partial charge in [0.15, 0.2) is 0 Å². The second-order valence-electron chi connectivity index (χ2n) is 6.59. The van der Waals surface area contributed by atoms with Gasteiger partial charge in [-0.05, 0) is 30.7 Å². The SMILES string of the molecule is CCCCCn1c(N)[n+](C[C@@H](O)COc2ccccc2)c2ccccc21. The molecular weight excluding hydrogens is 326 g/mol. The van der Waals surface area contributed by atoms with Gasteiger partial charge in [-0.3, -0.25) is 5.73 Å². The molecule has 0 aliphatic carbocycles. The van der Waals surface area contributed by atoms with E-state index < -0.39 is 6.10 Å². The van der Waals surface area contributed by atoms with Crippen molar-refractivity contribution < 1.29 is 14.4 Å². The Morgan fingerprint density at radius 3 is 2.58 bits per heavy atom. The fraction of sp³-hybridized carbons (Fsp3) is 0.381. The van der Waals surface area contributed by atoms with Gasteiger partial charge in [0, 0.05) is 0 Å². The molecule has 0 radical (unpaired) electrons. The lowest BCUT2D eigenvalue weighted by atomic mass is 10.2. The van der Waals surface area contributed by atoms with Gasteiger partial charge in [0.25, 0.3) is 0 Å². The lowest BCUT2D eigenvalue weighted by Gasteiger charge is -2.12. The van der Waals surface area contributed by atoms with E-state index in [2.05, 4.69) is 17.6 Å². The number of anilines is 1. The summed E-state index contributed by atoms with van der Waals surface area (Å²) in [5.41, 5.74) is 8.58. The Hall–Kier alpha value is -2.53. The molecule has 0 aliphatic heterocycles. The first-order valence-electron chi connectivity index (χ1n) is 9.33. The van der Waals surface area contributed by atoms with Crippen LogP contribution < -0.4 is 15.0 Å². The standard InChI is InChI=1S/C21H27N3O2/c1-2-3-9-14-23-19-12-7-8-13-20(19)24(21(23)22)15-17(25)16-26-18-10-5-4-6-11-18/h4-8,10-13,17,22,25H,2-3,9,14-16H2,1H3/p+1/t17-/m1/s1. The van der Waals surface area contributed by atoms with Crippen molar-refractivity contribution in [3.05, 3.63) is 54.6 Å². The van der Waals surface area contributed by atoms with E-state index in [1.807, 2.05) is 53.1 Å².